The van der Waals surface area contributed by atoms with Crippen LogP contribution < -0.4 is 5.32 Å². The fourth-order valence-electron chi connectivity index (χ4n) is 3.49. The van der Waals surface area contributed by atoms with Gasteiger partial charge in [-0.1, -0.05) is 12.1 Å². The number of hydrogen-bond donors (Lipinski definition) is 1. The summed E-state index contributed by atoms with van der Waals surface area (Å²) in [6, 6.07) is 14.0. The lowest BCUT2D eigenvalue weighted by atomic mass is 10.2. The Hall–Kier alpha value is -2.75. The number of aryl methyl sites for hydroxylation is 1. The van der Waals surface area contributed by atoms with Gasteiger partial charge in [0.15, 0.2) is 0 Å². The van der Waals surface area contributed by atoms with Crippen molar-refractivity contribution in [3.8, 4) is 0 Å². The quantitative estimate of drug-likeness (QED) is 0.504. The topological polar surface area (TPSA) is 87.5 Å². The minimum absolute atomic E-state index is 0.158. The number of carbonyl (C=O) groups excluding carboxylic acids is 1. The van der Waals surface area contributed by atoms with Gasteiger partial charge in [-0.05, 0) is 63.5 Å². The molecule has 0 fully saturated rings. The van der Waals surface area contributed by atoms with Crippen LogP contribution in [0, 0.1) is 0 Å². The van der Waals surface area contributed by atoms with Gasteiger partial charge >= 0.3 is 0 Å². The van der Waals surface area contributed by atoms with Gasteiger partial charge in [-0.2, -0.15) is 0 Å². The summed E-state index contributed by atoms with van der Waals surface area (Å²) in [6.45, 7) is 2.29. The molecule has 3 aromatic rings. The molecular weight excluding hydrogens is 426 g/mol. The number of carbonyl (C=O) groups is 1. The van der Waals surface area contributed by atoms with Crippen molar-refractivity contribution >= 4 is 27.0 Å². The number of sulfonamides is 1. The first-order valence-corrected chi connectivity index (χ1v) is 12.0. The van der Waals surface area contributed by atoms with Crippen LogP contribution in [-0.2, 0) is 23.0 Å². The maximum absolute atomic E-state index is 12.5. The Morgan fingerprint density at radius 3 is 2.38 bits per heavy atom. The van der Waals surface area contributed by atoms with E-state index in [1.165, 1.54) is 38.4 Å². The Morgan fingerprint density at radius 2 is 1.72 bits per heavy atom. The second-order valence-corrected chi connectivity index (χ2v) is 10.3. The summed E-state index contributed by atoms with van der Waals surface area (Å²) < 4.78 is 27.7. The van der Waals surface area contributed by atoms with Gasteiger partial charge in [-0.3, -0.25) is 4.79 Å². The molecule has 32 heavy (non-hydrogen) atoms. The van der Waals surface area contributed by atoms with Crippen LogP contribution in [0.25, 0.3) is 11.0 Å². The fourth-order valence-corrected chi connectivity index (χ4v) is 4.39. The Balaban J connectivity index is 1.65. The third kappa shape index (κ3) is 5.53. The van der Waals surface area contributed by atoms with E-state index in [1.54, 1.807) is 0 Å². The number of aromatic nitrogens is 2. The van der Waals surface area contributed by atoms with Crippen LogP contribution in [0.1, 0.15) is 22.6 Å². The second kappa shape index (κ2) is 10.2. The smallest absolute Gasteiger partial charge is 0.251 e. The molecule has 1 aromatic heterocycles. The highest BCUT2D eigenvalue weighted by Gasteiger charge is 2.17. The first-order chi connectivity index (χ1) is 15.2. The Labute approximate surface area is 189 Å². The molecule has 1 heterocycles. The highest BCUT2D eigenvalue weighted by atomic mass is 32.2. The van der Waals surface area contributed by atoms with Crippen LogP contribution in [0.2, 0.25) is 0 Å². The molecule has 1 amide bonds. The average Bonchev–Trinajstić information content (AvgIpc) is 3.11. The van der Waals surface area contributed by atoms with Crippen LogP contribution in [-0.4, -0.2) is 74.4 Å². The molecule has 2 aromatic carbocycles. The molecule has 0 aliphatic heterocycles. The summed E-state index contributed by atoms with van der Waals surface area (Å²) in [6.07, 6.45) is 1.62. The van der Waals surface area contributed by atoms with Gasteiger partial charge in [-0.15, -0.1) is 0 Å². The molecule has 9 heteroatoms. The van der Waals surface area contributed by atoms with Crippen molar-refractivity contribution in [2.24, 2.45) is 0 Å². The van der Waals surface area contributed by atoms with E-state index in [0.29, 0.717) is 18.5 Å². The van der Waals surface area contributed by atoms with Crippen LogP contribution in [0.5, 0.6) is 0 Å². The number of imidazole rings is 1. The van der Waals surface area contributed by atoms with Crippen molar-refractivity contribution in [3.05, 3.63) is 59.9 Å². The van der Waals surface area contributed by atoms with E-state index in [1.807, 2.05) is 18.2 Å². The van der Waals surface area contributed by atoms with Crippen molar-refractivity contribution < 1.29 is 13.2 Å². The first kappa shape index (κ1) is 23.9. The molecule has 0 aliphatic rings. The van der Waals surface area contributed by atoms with Crippen molar-refractivity contribution in [2.45, 2.75) is 24.3 Å². The number of rotatable bonds is 10. The number of para-hydroxylation sites is 2. The summed E-state index contributed by atoms with van der Waals surface area (Å²) in [5.74, 6) is 0.701. The summed E-state index contributed by atoms with van der Waals surface area (Å²) in [7, 11) is 3.56. The lowest BCUT2D eigenvalue weighted by Crippen LogP contribution is -2.27. The molecule has 0 saturated heterocycles. The maximum Gasteiger partial charge on any atom is 0.251 e. The SMILES string of the molecule is CN(C)CCCn1c(CCNC(=O)c2ccc(S(=O)(=O)N(C)C)cc2)nc2ccccc21. The largest absolute Gasteiger partial charge is 0.352 e. The summed E-state index contributed by atoms with van der Waals surface area (Å²) in [5, 5.41) is 2.91. The molecule has 0 atom stereocenters. The molecule has 172 valence electrons. The van der Waals surface area contributed by atoms with E-state index < -0.39 is 10.0 Å². The Kier molecular flexibility index (Phi) is 7.65. The lowest BCUT2D eigenvalue weighted by molar-refractivity contribution is 0.0954. The Bertz CT molecular complexity index is 1170. The molecule has 0 aliphatic carbocycles. The van der Waals surface area contributed by atoms with Gasteiger partial charge in [0, 0.05) is 39.2 Å². The van der Waals surface area contributed by atoms with E-state index in [-0.39, 0.29) is 10.8 Å². The Morgan fingerprint density at radius 1 is 1.03 bits per heavy atom. The lowest BCUT2D eigenvalue weighted by Gasteiger charge is -2.13. The maximum atomic E-state index is 12.5. The van der Waals surface area contributed by atoms with Crippen molar-refractivity contribution in [2.75, 3.05) is 41.3 Å². The standard InChI is InChI=1S/C23H31N5O3S/c1-26(2)16-7-17-28-21-9-6-5-8-20(21)25-22(28)14-15-24-23(29)18-10-12-19(13-11-18)32(30,31)27(3)4/h5-6,8-13H,7,14-17H2,1-4H3,(H,24,29). The predicted molar refractivity (Wildman–Crippen MR) is 126 cm³/mol. The zero-order valence-corrected chi connectivity index (χ0v) is 19.9. The molecule has 3 rings (SSSR count). The summed E-state index contributed by atoms with van der Waals surface area (Å²) in [5.41, 5.74) is 2.48. The van der Waals surface area contributed by atoms with Crippen molar-refractivity contribution in [1.29, 1.82) is 0 Å². The normalized spacial score (nSPS) is 12.1. The zero-order valence-electron chi connectivity index (χ0n) is 19.1. The fraction of sp³-hybridized carbons (Fsp3) is 0.391. The van der Waals surface area contributed by atoms with Crippen LogP contribution in [0.3, 0.4) is 0 Å². The predicted octanol–water partition coefficient (Wildman–Crippen LogP) is 2.21. The van der Waals surface area contributed by atoms with Gasteiger partial charge < -0.3 is 14.8 Å². The third-order valence-electron chi connectivity index (χ3n) is 5.25. The molecule has 0 saturated carbocycles. The highest BCUT2D eigenvalue weighted by molar-refractivity contribution is 7.89. The average molecular weight is 458 g/mol. The number of nitrogens with zero attached hydrogens (tertiary/aromatic N) is 4. The van der Waals surface area contributed by atoms with Crippen LogP contribution >= 0.6 is 0 Å². The van der Waals surface area contributed by atoms with Gasteiger partial charge in [-0.25, -0.2) is 17.7 Å². The monoisotopic (exact) mass is 457 g/mol. The minimum atomic E-state index is -3.52. The zero-order chi connectivity index (χ0) is 23.3. The van der Waals surface area contributed by atoms with E-state index in [4.69, 9.17) is 4.98 Å². The number of benzene rings is 2. The molecule has 0 spiro atoms. The summed E-state index contributed by atoms with van der Waals surface area (Å²) >= 11 is 0. The molecular formula is C23H31N5O3S. The minimum Gasteiger partial charge on any atom is -0.352 e. The van der Waals surface area contributed by atoms with Crippen molar-refractivity contribution in [3.63, 3.8) is 0 Å². The number of hydrogen-bond acceptors (Lipinski definition) is 5. The van der Waals surface area contributed by atoms with E-state index in [2.05, 4.69) is 34.9 Å². The van der Waals surface area contributed by atoms with Crippen LogP contribution in [0.15, 0.2) is 53.4 Å². The van der Waals surface area contributed by atoms with Gasteiger partial charge in [0.1, 0.15) is 5.82 Å². The van der Waals surface area contributed by atoms with Crippen molar-refractivity contribution in [1.82, 2.24) is 24.1 Å². The van der Waals surface area contributed by atoms with Crippen LogP contribution in [0.4, 0.5) is 0 Å². The second-order valence-electron chi connectivity index (χ2n) is 8.14. The van der Waals surface area contributed by atoms with E-state index >= 15 is 0 Å². The summed E-state index contributed by atoms with van der Waals surface area (Å²) in [4.78, 5) is 19.6. The van der Waals surface area contributed by atoms with E-state index in [9.17, 15) is 13.2 Å². The molecule has 0 unspecified atom stereocenters. The number of amides is 1. The molecule has 0 bridgehead atoms. The van der Waals surface area contributed by atoms with Gasteiger partial charge in [0.2, 0.25) is 10.0 Å². The molecule has 8 nitrogen and oxygen atoms in total. The van der Waals surface area contributed by atoms with Gasteiger partial charge in [0.25, 0.3) is 5.91 Å². The number of fused-ring (bicyclic) bond motifs is 1. The highest BCUT2D eigenvalue weighted by Crippen LogP contribution is 2.17. The third-order valence-corrected chi connectivity index (χ3v) is 7.08. The molecule has 0 radical (unpaired) electrons. The first-order valence-electron chi connectivity index (χ1n) is 10.6. The van der Waals surface area contributed by atoms with Gasteiger partial charge in [0.05, 0.1) is 15.9 Å². The number of nitrogens with one attached hydrogen (secondary N) is 1. The molecule has 1 N–H and O–H groups in total. The van der Waals surface area contributed by atoms with E-state index in [0.717, 1.165) is 40.7 Å².